The van der Waals surface area contributed by atoms with E-state index in [0.29, 0.717) is 25.7 Å². The van der Waals surface area contributed by atoms with Crippen molar-refractivity contribution in [1.29, 1.82) is 0 Å². The maximum Gasteiger partial charge on any atom is 0.326 e. The highest BCUT2D eigenvalue weighted by atomic mass is 16.4. The van der Waals surface area contributed by atoms with Gasteiger partial charge in [0.1, 0.15) is 18.1 Å². The number of carbonyl (C=O) groups is 5. The van der Waals surface area contributed by atoms with Crippen molar-refractivity contribution >= 4 is 41.5 Å². The summed E-state index contributed by atoms with van der Waals surface area (Å²) in [4.78, 5) is 70.6. The van der Waals surface area contributed by atoms with Gasteiger partial charge < -0.3 is 55.0 Å². The van der Waals surface area contributed by atoms with Crippen LogP contribution in [-0.4, -0.2) is 95.3 Å². The molecule has 0 aliphatic carbocycles. The molecule has 0 aromatic heterocycles. The van der Waals surface area contributed by atoms with Crippen LogP contribution in [0.4, 0.5) is 0 Å². The van der Waals surface area contributed by atoms with E-state index in [4.69, 9.17) is 34.4 Å². The largest absolute Gasteiger partial charge is 0.480 e. The van der Waals surface area contributed by atoms with E-state index in [-0.39, 0.29) is 44.4 Å². The molecule has 214 valence electrons. The van der Waals surface area contributed by atoms with Crippen LogP contribution < -0.4 is 45.0 Å². The van der Waals surface area contributed by atoms with E-state index >= 15 is 0 Å². The third-order valence-corrected chi connectivity index (χ3v) is 5.72. The van der Waals surface area contributed by atoms with E-state index in [9.17, 15) is 29.1 Å². The second-order valence-corrected chi connectivity index (χ2v) is 8.82. The minimum atomic E-state index is -1.27. The number of amides is 4. The Morgan fingerprint density at radius 3 is 1.95 bits per heavy atom. The highest BCUT2D eigenvalue weighted by molar-refractivity contribution is 5.95. The molecular formula is C21H39N11O6. The summed E-state index contributed by atoms with van der Waals surface area (Å²) in [6, 6.07) is -4.53. The van der Waals surface area contributed by atoms with Gasteiger partial charge in [0, 0.05) is 19.6 Å². The lowest BCUT2D eigenvalue weighted by molar-refractivity contribution is -0.145. The van der Waals surface area contributed by atoms with Gasteiger partial charge in [-0.15, -0.1) is 0 Å². The summed E-state index contributed by atoms with van der Waals surface area (Å²) in [7, 11) is 0. The van der Waals surface area contributed by atoms with Crippen LogP contribution in [0.2, 0.25) is 0 Å². The standard InChI is InChI=1S/C21H39N11O6/c22-11(10-15(23)33)16(34)30-12(4-1-7-28-20(24)25)18(36)32-9-3-6-14(32)17(35)31-13(19(37)38)5-2-8-29-21(26)27/h11-14H,1-10,22H2,(H2,23,33)(H,30,34)(H,31,35)(H,37,38)(H4,24,25,28)(H4,26,27,29). The Kier molecular flexibility index (Phi) is 13.3. The van der Waals surface area contributed by atoms with E-state index in [1.54, 1.807) is 0 Å². The molecule has 4 amide bonds. The van der Waals surface area contributed by atoms with Crippen LogP contribution in [-0.2, 0) is 24.0 Å². The maximum absolute atomic E-state index is 13.4. The molecule has 1 rings (SSSR count). The molecule has 0 aromatic carbocycles. The number of aliphatic carboxylic acids is 1. The van der Waals surface area contributed by atoms with Gasteiger partial charge in [-0.05, 0) is 38.5 Å². The van der Waals surface area contributed by atoms with Crippen molar-refractivity contribution < 1.29 is 29.1 Å². The zero-order valence-electron chi connectivity index (χ0n) is 21.2. The molecule has 17 heteroatoms. The Bertz CT molecular complexity index is 917. The average molecular weight is 542 g/mol. The first kappa shape index (κ1) is 31.9. The van der Waals surface area contributed by atoms with Gasteiger partial charge >= 0.3 is 5.97 Å². The monoisotopic (exact) mass is 541 g/mol. The van der Waals surface area contributed by atoms with Crippen LogP contribution in [0, 0.1) is 0 Å². The number of nitrogens with zero attached hydrogens (tertiary/aromatic N) is 3. The molecule has 1 heterocycles. The predicted molar refractivity (Wildman–Crippen MR) is 138 cm³/mol. The minimum absolute atomic E-state index is 0.0692. The van der Waals surface area contributed by atoms with Crippen molar-refractivity contribution in [3.8, 4) is 0 Å². The third kappa shape index (κ3) is 11.3. The summed E-state index contributed by atoms with van der Waals surface area (Å²) >= 11 is 0. The van der Waals surface area contributed by atoms with E-state index in [1.165, 1.54) is 4.90 Å². The zero-order valence-corrected chi connectivity index (χ0v) is 21.2. The summed E-state index contributed by atoms with van der Waals surface area (Å²) in [5.74, 6) is -4.26. The van der Waals surface area contributed by atoms with Crippen LogP contribution in [0.5, 0.6) is 0 Å². The van der Waals surface area contributed by atoms with E-state index in [1.807, 2.05) is 0 Å². The molecule has 0 aromatic rings. The Morgan fingerprint density at radius 1 is 0.895 bits per heavy atom. The van der Waals surface area contributed by atoms with Crippen LogP contribution in [0.15, 0.2) is 9.98 Å². The molecule has 0 spiro atoms. The fraction of sp³-hybridized carbons (Fsp3) is 0.667. The van der Waals surface area contributed by atoms with Crippen molar-refractivity contribution in [2.24, 2.45) is 44.4 Å². The normalized spacial score (nSPS) is 17.0. The number of carboxylic acids is 1. The van der Waals surface area contributed by atoms with Crippen LogP contribution in [0.3, 0.4) is 0 Å². The lowest BCUT2D eigenvalue weighted by Gasteiger charge is -2.30. The highest BCUT2D eigenvalue weighted by Gasteiger charge is 2.39. The minimum Gasteiger partial charge on any atom is -0.480 e. The smallest absolute Gasteiger partial charge is 0.326 e. The molecule has 0 radical (unpaired) electrons. The fourth-order valence-corrected chi connectivity index (χ4v) is 3.88. The number of hydrogen-bond donors (Lipinski definition) is 9. The van der Waals surface area contributed by atoms with Crippen molar-refractivity contribution in [1.82, 2.24) is 15.5 Å². The molecule has 4 unspecified atom stereocenters. The van der Waals surface area contributed by atoms with E-state index in [2.05, 4.69) is 20.6 Å². The Labute approximate surface area is 219 Å². The van der Waals surface area contributed by atoms with E-state index < -0.39 is 60.2 Å². The maximum atomic E-state index is 13.4. The van der Waals surface area contributed by atoms with Crippen molar-refractivity contribution in [3.05, 3.63) is 0 Å². The van der Waals surface area contributed by atoms with Crippen molar-refractivity contribution in [2.75, 3.05) is 19.6 Å². The summed E-state index contributed by atoms with van der Waals surface area (Å²) < 4.78 is 0. The number of rotatable bonds is 16. The first-order valence-electron chi connectivity index (χ1n) is 12.1. The van der Waals surface area contributed by atoms with Gasteiger partial charge in [0.25, 0.3) is 0 Å². The van der Waals surface area contributed by atoms with E-state index in [0.717, 1.165) is 0 Å². The molecule has 1 aliphatic rings. The highest BCUT2D eigenvalue weighted by Crippen LogP contribution is 2.20. The number of carboxylic acid groups (broad SMARTS) is 1. The summed E-state index contributed by atoms with van der Waals surface area (Å²) in [6.07, 6.45) is 1.15. The topological polar surface area (TPSA) is 314 Å². The molecule has 0 saturated carbocycles. The lowest BCUT2D eigenvalue weighted by atomic mass is 10.1. The van der Waals surface area contributed by atoms with Gasteiger partial charge in [0.2, 0.25) is 23.6 Å². The first-order valence-corrected chi connectivity index (χ1v) is 12.1. The second-order valence-electron chi connectivity index (χ2n) is 8.82. The zero-order chi connectivity index (χ0) is 28.8. The van der Waals surface area contributed by atoms with Crippen LogP contribution in [0.25, 0.3) is 0 Å². The molecule has 4 atom stereocenters. The number of nitrogens with one attached hydrogen (secondary N) is 2. The molecule has 15 N–H and O–H groups in total. The van der Waals surface area contributed by atoms with Gasteiger partial charge in [0.05, 0.1) is 12.5 Å². The quantitative estimate of drug-likeness (QED) is 0.0508. The second kappa shape index (κ2) is 15.9. The van der Waals surface area contributed by atoms with Crippen molar-refractivity contribution in [2.45, 2.75) is 69.1 Å². The molecule has 0 bridgehead atoms. The molecule has 38 heavy (non-hydrogen) atoms. The number of likely N-dealkylation sites (tertiary alicyclic amines) is 1. The fourth-order valence-electron chi connectivity index (χ4n) is 3.88. The number of nitrogens with two attached hydrogens (primary N) is 6. The Morgan fingerprint density at radius 2 is 1.45 bits per heavy atom. The van der Waals surface area contributed by atoms with Gasteiger partial charge in [-0.25, -0.2) is 4.79 Å². The van der Waals surface area contributed by atoms with Crippen molar-refractivity contribution in [3.63, 3.8) is 0 Å². The summed E-state index contributed by atoms with van der Waals surface area (Å²) in [5.41, 5.74) is 31.9. The van der Waals surface area contributed by atoms with Gasteiger partial charge in [-0.1, -0.05) is 0 Å². The Hall–Kier alpha value is -4.15. The molecule has 17 nitrogen and oxygen atoms in total. The lowest BCUT2D eigenvalue weighted by Crippen LogP contribution is -2.57. The first-order chi connectivity index (χ1) is 17.8. The van der Waals surface area contributed by atoms with Gasteiger partial charge in [-0.3, -0.25) is 29.2 Å². The van der Waals surface area contributed by atoms with Gasteiger partial charge in [0.15, 0.2) is 11.9 Å². The van der Waals surface area contributed by atoms with Crippen LogP contribution in [0.1, 0.15) is 44.9 Å². The SMILES string of the molecule is NC(=O)CC(N)C(=O)NC(CCCN=C(N)N)C(=O)N1CCCC1C(=O)NC(CCCN=C(N)N)C(=O)O. The molecule has 1 saturated heterocycles. The third-order valence-electron chi connectivity index (χ3n) is 5.72. The Balaban J connectivity index is 2.95. The van der Waals surface area contributed by atoms with Gasteiger partial charge in [-0.2, -0.15) is 0 Å². The molecule has 1 aliphatic heterocycles. The summed E-state index contributed by atoms with van der Waals surface area (Å²) in [6.45, 7) is 0.585. The molecular weight excluding hydrogens is 502 g/mol. The average Bonchev–Trinajstić information content (AvgIpc) is 3.31. The number of carbonyl (C=O) groups excluding carboxylic acids is 4. The predicted octanol–water partition coefficient (Wildman–Crippen LogP) is -4.66. The number of aliphatic imine (C=N–C) groups is 2. The van der Waals surface area contributed by atoms with Crippen LogP contribution >= 0.6 is 0 Å². The summed E-state index contributed by atoms with van der Waals surface area (Å²) in [5, 5.41) is 14.5. The number of hydrogen-bond acceptors (Lipinski definition) is 8. The number of primary amides is 1. The molecule has 1 fully saturated rings. The number of guanidine groups is 2.